The second-order valence-electron chi connectivity index (χ2n) is 6.35. The van der Waals surface area contributed by atoms with Gasteiger partial charge in [0.2, 0.25) is 5.91 Å². The number of amides is 1. The highest BCUT2D eigenvalue weighted by molar-refractivity contribution is 5.87. The minimum Gasteiger partial charge on any atom is -0.497 e. The van der Waals surface area contributed by atoms with Gasteiger partial charge in [0.15, 0.2) is 0 Å². The average molecular weight is 275 g/mol. The van der Waals surface area contributed by atoms with E-state index in [-0.39, 0.29) is 5.91 Å². The van der Waals surface area contributed by atoms with Crippen molar-refractivity contribution in [3.05, 3.63) is 29.8 Å². The molecule has 0 saturated carbocycles. The molecular weight excluding hydrogens is 250 g/mol. The smallest absolute Gasteiger partial charge is 0.232 e. The summed E-state index contributed by atoms with van der Waals surface area (Å²) in [4.78, 5) is 14.8. The van der Waals surface area contributed by atoms with Crippen molar-refractivity contribution in [3.8, 4) is 5.75 Å². The maximum absolute atomic E-state index is 12.8. The van der Waals surface area contributed by atoms with E-state index in [2.05, 4.69) is 6.92 Å². The van der Waals surface area contributed by atoms with Gasteiger partial charge < -0.3 is 9.64 Å². The fourth-order valence-electron chi connectivity index (χ4n) is 2.90. The van der Waals surface area contributed by atoms with Crippen molar-refractivity contribution >= 4 is 5.91 Å². The van der Waals surface area contributed by atoms with Crippen molar-refractivity contribution in [2.24, 2.45) is 5.92 Å². The Morgan fingerprint density at radius 1 is 1.30 bits per heavy atom. The molecule has 1 saturated heterocycles. The molecule has 1 aromatic carbocycles. The molecule has 0 bridgehead atoms. The first kappa shape index (κ1) is 14.9. The van der Waals surface area contributed by atoms with Crippen LogP contribution in [0, 0.1) is 5.92 Å². The van der Waals surface area contributed by atoms with Gasteiger partial charge in [-0.15, -0.1) is 0 Å². The number of likely N-dealkylation sites (tertiary alicyclic amines) is 1. The van der Waals surface area contributed by atoms with Crippen LogP contribution in [0.5, 0.6) is 5.75 Å². The molecule has 0 aromatic heterocycles. The zero-order valence-electron chi connectivity index (χ0n) is 13.0. The van der Waals surface area contributed by atoms with E-state index in [1.54, 1.807) is 7.11 Å². The Balaban J connectivity index is 2.17. The first-order valence-corrected chi connectivity index (χ1v) is 7.39. The van der Waals surface area contributed by atoms with Crippen LogP contribution in [0.1, 0.15) is 39.2 Å². The SMILES string of the molecule is COc1ccc(C(C)(C)C(=O)N2CCCC(C)C2)cc1. The van der Waals surface area contributed by atoms with Crippen molar-refractivity contribution in [1.82, 2.24) is 4.90 Å². The summed E-state index contributed by atoms with van der Waals surface area (Å²) >= 11 is 0. The molecule has 20 heavy (non-hydrogen) atoms. The Labute approximate surface area is 121 Å². The molecule has 1 aliphatic heterocycles. The van der Waals surface area contributed by atoms with E-state index in [0.29, 0.717) is 5.92 Å². The average Bonchev–Trinajstić information content (AvgIpc) is 2.46. The van der Waals surface area contributed by atoms with Gasteiger partial charge >= 0.3 is 0 Å². The number of methoxy groups -OCH3 is 1. The third-order valence-corrected chi connectivity index (χ3v) is 4.29. The van der Waals surface area contributed by atoms with Gasteiger partial charge in [0, 0.05) is 13.1 Å². The van der Waals surface area contributed by atoms with E-state index in [0.717, 1.165) is 30.8 Å². The highest BCUT2D eigenvalue weighted by Crippen LogP contribution is 2.29. The third-order valence-electron chi connectivity index (χ3n) is 4.29. The molecule has 0 spiro atoms. The number of carbonyl (C=O) groups excluding carboxylic acids is 1. The summed E-state index contributed by atoms with van der Waals surface area (Å²) in [5.41, 5.74) is 0.560. The van der Waals surface area contributed by atoms with Crippen LogP contribution >= 0.6 is 0 Å². The van der Waals surface area contributed by atoms with Gasteiger partial charge in [-0.25, -0.2) is 0 Å². The van der Waals surface area contributed by atoms with Gasteiger partial charge in [0.05, 0.1) is 12.5 Å². The molecule has 0 N–H and O–H groups in total. The Kier molecular flexibility index (Phi) is 4.36. The number of rotatable bonds is 3. The summed E-state index contributed by atoms with van der Waals surface area (Å²) < 4.78 is 5.18. The monoisotopic (exact) mass is 275 g/mol. The number of hydrogen-bond acceptors (Lipinski definition) is 2. The van der Waals surface area contributed by atoms with Crippen molar-refractivity contribution in [3.63, 3.8) is 0 Å². The maximum Gasteiger partial charge on any atom is 0.232 e. The molecular formula is C17H25NO2. The number of benzene rings is 1. The quantitative estimate of drug-likeness (QED) is 0.847. The second-order valence-corrected chi connectivity index (χ2v) is 6.35. The van der Waals surface area contributed by atoms with E-state index in [1.165, 1.54) is 6.42 Å². The summed E-state index contributed by atoms with van der Waals surface area (Å²) in [6.07, 6.45) is 2.35. The molecule has 1 atom stereocenters. The number of carbonyl (C=O) groups is 1. The number of piperidine rings is 1. The highest BCUT2D eigenvalue weighted by Gasteiger charge is 2.35. The number of nitrogens with zero attached hydrogens (tertiary/aromatic N) is 1. The number of ether oxygens (including phenoxy) is 1. The van der Waals surface area contributed by atoms with Gasteiger partial charge in [-0.2, -0.15) is 0 Å². The van der Waals surface area contributed by atoms with Crippen molar-refractivity contribution in [2.75, 3.05) is 20.2 Å². The third kappa shape index (κ3) is 2.97. The Bertz CT molecular complexity index is 464. The van der Waals surface area contributed by atoms with Crippen molar-refractivity contribution in [1.29, 1.82) is 0 Å². The van der Waals surface area contributed by atoms with Gasteiger partial charge in [-0.1, -0.05) is 19.1 Å². The largest absolute Gasteiger partial charge is 0.497 e. The summed E-state index contributed by atoms with van der Waals surface area (Å²) in [6, 6.07) is 7.82. The molecule has 0 aliphatic carbocycles. The molecule has 1 heterocycles. The second kappa shape index (κ2) is 5.86. The van der Waals surface area contributed by atoms with Crippen LogP contribution in [-0.4, -0.2) is 31.0 Å². The van der Waals surface area contributed by atoms with Crippen LogP contribution in [0.25, 0.3) is 0 Å². The number of hydrogen-bond donors (Lipinski definition) is 0. The minimum atomic E-state index is -0.483. The first-order valence-electron chi connectivity index (χ1n) is 7.39. The van der Waals surface area contributed by atoms with E-state index in [1.807, 2.05) is 43.0 Å². The Hall–Kier alpha value is -1.51. The maximum atomic E-state index is 12.8. The van der Waals surface area contributed by atoms with E-state index in [9.17, 15) is 4.79 Å². The normalized spacial score (nSPS) is 19.8. The van der Waals surface area contributed by atoms with E-state index < -0.39 is 5.41 Å². The predicted molar refractivity (Wildman–Crippen MR) is 81.0 cm³/mol. The highest BCUT2D eigenvalue weighted by atomic mass is 16.5. The van der Waals surface area contributed by atoms with Crippen LogP contribution in [0.4, 0.5) is 0 Å². The van der Waals surface area contributed by atoms with E-state index in [4.69, 9.17) is 4.74 Å². The lowest BCUT2D eigenvalue weighted by Gasteiger charge is -2.37. The van der Waals surface area contributed by atoms with Crippen LogP contribution < -0.4 is 4.74 Å². The Morgan fingerprint density at radius 3 is 2.50 bits per heavy atom. The lowest BCUT2D eigenvalue weighted by Crippen LogP contribution is -2.47. The predicted octanol–water partition coefficient (Wildman–Crippen LogP) is 3.23. The fourth-order valence-corrected chi connectivity index (χ4v) is 2.90. The molecule has 3 nitrogen and oxygen atoms in total. The summed E-state index contributed by atoms with van der Waals surface area (Å²) in [5.74, 6) is 1.66. The van der Waals surface area contributed by atoms with Crippen LogP contribution in [0.15, 0.2) is 24.3 Å². The zero-order valence-corrected chi connectivity index (χ0v) is 13.0. The molecule has 0 radical (unpaired) electrons. The fraction of sp³-hybridized carbons (Fsp3) is 0.588. The molecule has 1 unspecified atom stereocenters. The van der Waals surface area contributed by atoms with Crippen molar-refractivity contribution in [2.45, 2.75) is 39.0 Å². The van der Waals surface area contributed by atoms with Crippen LogP contribution in [0.2, 0.25) is 0 Å². The minimum absolute atomic E-state index is 0.231. The molecule has 3 heteroatoms. The standard InChI is InChI=1S/C17H25NO2/c1-13-6-5-11-18(12-13)16(19)17(2,3)14-7-9-15(20-4)10-8-14/h7-10,13H,5-6,11-12H2,1-4H3. The van der Waals surface area contributed by atoms with Crippen LogP contribution in [-0.2, 0) is 10.2 Å². The van der Waals surface area contributed by atoms with Gasteiger partial charge in [-0.3, -0.25) is 4.79 Å². The summed E-state index contributed by atoms with van der Waals surface area (Å²) in [6.45, 7) is 8.02. The molecule has 110 valence electrons. The summed E-state index contributed by atoms with van der Waals surface area (Å²) in [7, 11) is 1.65. The molecule has 1 amide bonds. The Morgan fingerprint density at radius 2 is 1.95 bits per heavy atom. The molecule has 1 aromatic rings. The zero-order chi connectivity index (χ0) is 14.8. The topological polar surface area (TPSA) is 29.5 Å². The lowest BCUT2D eigenvalue weighted by atomic mass is 9.82. The van der Waals surface area contributed by atoms with Gasteiger partial charge in [-0.05, 0) is 50.3 Å². The van der Waals surface area contributed by atoms with Gasteiger partial charge in [0.1, 0.15) is 5.75 Å². The van der Waals surface area contributed by atoms with Gasteiger partial charge in [0.25, 0.3) is 0 Å². The summed E-state index contributed by atoms with van der Waals surface area (Å²) in [5, 5.41) is 0. The molecule has 2 rings (SSSR count). The lowest BCUT2D eigenvalue weighted by molar-refractivity contribution is -0.138. The first-order chi connectivity index (χ1) is 9.45. The van der Waals surface area contributed by atoms with Crippen LogP contribution in [0.3, 0.4) is 0 Å². The molecule has 1 aliphatic rings. The van der Waals surface area contributed by atoms with Crippen molar-refractivity contribution < 1.29 is 9.53 Å². The molecule has 1 fully saturated rings. The van der Waals surface area contributed by atoms with E-state index >= 15 is 0 Å².